The second-order valence-corrected chi connectivity index (χ2v) is 8.33. The lowest BCUT2D eigenvalue weighted by molar-refractivity contribution is -0.140. The SMILES string of the molecule is CCOc1cc(/C(O)=C2/C(=O)C(=O)N(Cc3ccc(C(=O)O)cc3)C2c2ccccc2)ccc1Cl. The Balaban J connectivity index is 1.81. The van der Waals surface area contributed by atoms with Crippen LogP contribution in [0.3, 0.4) is 0 Å². The van der Waals surface area contributed by atoms with Crippen molar-refractivity contribution in [3.63, 3.8) is 0 Å². The number of rotatable bonds is 7. The molecule has 0 aromatic heterocycles. The Bertz CT molecular complexity index is 1320. The van der Waals surface area contributed by atoms with Crippen LogP contribution in [0.25, 0.3) is 5.76 Å². The molecular weight excluding hydrogens is 470 g/mol. The zero-order chi connectivity index (χ0) is 25.1. The van der Waals surface area contributed by atoms with Crippen molar-refractivity contribution in [1.29, 1.82) is 0 Å². The number of aliphatic hydroxyl groups excluding tert-OH is 1. The summed E-state index contributed by atoms with van der Waals surface area (Å²) in [7, 11) is 0. The number of carbonyl (C=O) groups excluding carboxylic acids is 2. The third-order valence-electron chi connectivity index (χ3n) is 5.71. The first kappa shape index (κ1) is 24.0. The lowest BCUT2D eigenvalue weighted by Crippen LogP contribution is -2.29. The Morgan fingerprint density at radius 2 is 1.63 bits per heavy atom. The lowest BCUT2D eigenvalue weighted by atomic mass is 9.95. The number of carbonyl (C=O) groups is 3. The number of amides is 1. The molecule has 8 heteroatoms. The van der Waals surface area contributed by atoms with E-state index in [1.807, 2.05) is 6.07 Å². The van der Waals surface area contributed by atoms with Gasteiger partial charge in [0.15, 0.2) is 0 Å². The van der Waals surface area contributed by atoms with Crippen LogP contribution in [0.2, 0.25) is 5.02 Å². The van der Waals surface area contributed by atoms with Gasteiger partial charge >= 0.3 is 5.97 Å². The van der Waals surface area contributed by atoms with Crippen molar-refractivity contribution in [3.8, 4) is 5.75 Å². The molecule has 0 saturated carbocycles. The largest absolute Gasteiger partial charge is 0.507 e. The number of aliphatic hydroxyl groups is 1. The van der Waals surface area contributed by atoms with Crippen molar-refractivity contribution in [2.24, 2.45) is 0 Å². The summed E-state index contributed by atoms with van der Waals surface area (Å²) in [5, 5.41) is 20.7. The van der Waals surface area contributed by atoms with Crippen LogP contribution >= 0.6 is 11.6 Å². The summed E-state index contributed by atoms with van der Waals surface area (Å²) >= 11 is 6.17. The molecule has 35 heavy (non-hydrogen) atoms. The van der Waals surface area contributed by atoms with Crippen LogP contribution < -0.4 is 4.74 Å². The minimum absolute atomic E-state index is 0.0472. The summed E-state index contributed by atoms with van der Waals surface area (Å²) in [6.07, 6.45) is 0. The fourth-order valence-corrected chi connectivity index (χ4v) is 4.22. The number of ketones is 1. The van der Waals surface area contributed by atoms with Gasteiger partial charge in [0.2, 0.25) is 0 Å². The van der Waals surface area contributed by atoms with E-state index in [0.717, 1.165) is 0 Å². The normalized spacial score (nSPS) is 17.0. The highest BCUT2D eigenvalue weighted by atomic mass is 35.5. The minimum atomic E-state index is -1.06. The van der Waals surface area contributed by atoms with E-state index in [4.69, 9.17) is 21.4 Å². The quantitative estimate of drug-likeness (QED) is 0.272. The predicted octanol–water partition coefficient (Wildman–Crippen LogP) is 5.06. The first-order chi connectivity index (χ1) is 16.8. The predicted molar refractivity (Wildman–Crippen MR) is 130 cm³/mol. The average molecular weight is 492 g/mol. The maximum absolute atomic E-state index is 13.2. The summed E-state index contributed by atoms with van der Waals surface area (Å²) in [4.78, 5) is 38.9. The van der Waals surface area contributed by atoms with Gasteiger partial charge in [-0.15, -0.1) is 0 Å². The Morgan fingerprint density at radius 1 is 0.971 bits per heavy atom. The smallest absolute Gasteiger partial charge is 0.335 e. The van der Waals surface area contributed by atoms with E-state index >= 15 is 0 Å². The number of carboxylic acid groups (broad SMARTS) is 1. The molecule has 1 fully saturated rings. The number of hydrogen-bond donors (Lipinski definition) is 2. The van der Waals surface area contributed by atoms with Gasteiger partial charge in [-0.1, -0.05) is 54.1 Å². The van der Waals surface area contributed by atoms with Gasteiger partial charge in [0.05, 0.1) is 28.8 Å². The fourth-order valence-electron chi connectivity index (χ4n) is 4.05. The Labute approximate surface area is 206 Å². The maximum atomic E-state index is 13.2. The molecule has 1 aliphatic heterocycles. The first-order valence-electron chi connectivity index (χ1n) is 10.9. The monoisotopic (exact) mass is 491 g/mol. The standard InChI is InChI=1S/C27H22ClNO6/c1-2-35-21-14-19(12-13-20(21)28)24(30)22-23(17-6-4-3-5-7-17)29(26(32)25(22)31)15-16-8-10-18(11-9-16)27(33)34/h3-14,23,30H,2,15H2,1H3,(H,33,34)/b24-22-. The highest BCUT2D eigenvalue weighted by Gasteiger charge is 2.46. The van der Waals surface area contributed by atoms with Crippen LogP contribution in [0.15, 0.2) is 78.4 Å². The lowest BCUT2D eigenvalue weighted by Gasteiger charge is -2.25. The van der Waals surface area contributed by atoms with Gasteiger partial charge in [0, 0.05) is 12.1 Å². The van der Waals surface area contributed by atoms with E-state index in [1.165, 1.54) is 23.1 Å². The second-order valence-electron chi connectivity index (χ2n) is 7.92. The molecule has 178 valence electrons. The zero-order valence-corrected chi connectivity index (χ0v) is 19.5. The molecule has 7 nitrogen and oxygen atoms in total. The average Bonchev–Trinajstić information content (AvgIpc) is 3.11. The van der Waals surface area contributed by atoms with E-state index < -0.39 is 23.7 Å². The van der Waals surface area contributed by atoms with E-state index in [2.05, 4.69) is 0 Å². The summed E-state index contributed by atoms with van der Waals surface area (Å²) in [5.74, 6) is -2.62. The number of benzene rings is 3. The molecule has 1 heterocycles. The van der Waals surface area contributed by atoms with Gasteiger partial charge in [-0.05, 0) is 48.4 Å². The molecule has 0 bridgehead atoms. The van der Waals surface area contributed by atoms with Crippen molar-refractivity contribution in [1.82, 2.24) is 4.90 Å². The molecule has 1 unspecified atom stereocenters. The molecule has 3 aromatic carbocycles. The third kappa shape index (κ3) is 4.76. The number of carboxylic acids is 1. The maximum Gasteiger partial charge on any atom is 0.335 e. The molecule has 2 N–H and O–H groups in total. The molecule has 4 rings (SSSR count). The fraction of sp³-hybridized carbons (Fsp3) is 0.148. The molecular formula is C27H22ClNO6. The molecule has 0 aliphatic carbocycles. The van der Waals surface area contributed by atoms with E-state index in [0.29, 0.717) is 34.1 Å². The topological polar surface area (TPSA) is 104 Å². The highest BCUT2D eigenvalue weighted by molar-refractivity contribution is 6.46. The van der Waals surface area contributed by atoms with Gasteiger partial charge in [-0.2, -0.15) is 0 Å². The molecule has 1 saturated heterocycles. The number of nitrogens with zero attached hydrogens (tertiary/aromatic N) is 1. The van der Waals surface area contributed by atoms with Crippen molar-refractivity contribution < 1.29 is 29.3 Å². The first-order valence-corrected chi connectivity index (χ1v) is 11.3. The molecule has 1 atom stereocenters. The van der Waals surface area contributed by atoms with Gasteiger partial charge in [0.1, 0.15) is 11.5 Å². The summed E-state index contributed by atoms with van der Waals surface area (Å²) in [5.41, 5.74) is 1.65. The van der Waals surface area contributed by atoms with Crippen LogP contribution in [0.5, 0.6) is 5.75 Å². The summed E-state index contributed by atoms with van der Waals surface area (Å²) in [6, 6.07) is 18.8. The van der Waals surface area contributed by atoms with Crippen molar-refractivity contribution >= 4 is 35.0 Å². The molecule has 3 aromatic rings. The Kier molecular flexibility index (Phi) is 6.89. The number of halogens is 1. The van der Waals surface area contributed by atoms with E-state index in [1.54, 1.807) is 55.5 Å². The Morgan fingerprint density at radius 3 is 2.26 bits per heavy atom. The van der Waals surface area contributed by atoms with Crippen molar-refractivity contribution in [3.05, 3.63) is 106 Å². The van der Waals surface area contributed by atoms with Gasteiger partial charge in [-0.3, -0.25) is 9.59 Å². The molecule has 0 spiro atoms. The number of aromatic carboxylic acids is 1. The molecule has 0 radical (unpaired) electrons. The number of ether oxygens (including phenoxy) is 1. The third-order valence-corrected chi connectivity index (χ3v) is 6.03. The number of likely N-dealkylation sites (tertiary alicyclic amines) is 1. The summed E-state index contributed by atoms with van der Waals surface area (Å²) < 4.78 is 5.51. The highest BCUT2D eigenvalue weighted by Crippen LogP contribution is 2.41. The second kappa shape index (κ2) is 10.0. The van der Waals surface area contributed by atoms with Crippen LogP contribution in [0.4, 0.5) is 0 Å². The van der Waals surface area contributed by atoms with Crippen LogP contribution in [0.1, 0.15) is 40.0 Å². The Hall–Kier alpha value is -4.10. The van der Waals surface area contributed by atoms with Crippen LogP contribution in [-0.4, -0.2) is 39.4 Å². The van der Waals surface area contributed by atoms with Crippen molar-refractivity contribution in [2.45, 2.75) is 19.5 Å². The van der Waals surface area contributed by atoms with Crippen LogP contribution in [-0.2, 0) is 16.1 Å². The zero-order valence-electron chi connectivity index (χ0n) is 18.8. The van der Waals surface area contributed by atoms with Crippen molar-refractivity contribution in [2.75, 3.05) is 6.61 Å². The minimum Gasteiger partial charge on any atom is -0.507 e. The number of Topliss-reactive ketones (excluding diaryl/α,β-unsaturated/α-hetero) is 1. The van der Waals surface area contributed by atoms with Crippen LogP contribution in [0, 0.1) is 0 Å². The van der Waals surface area contributed by atoms with E-state index in [-0.39, 0.29) is 23.4 Å². The molecule has 1 amide bonds. The van der Waals surface area contributed by atoms with E-state index in [9.17, 15) is 19.5 Å². The molecule has 1 aliphatic rings. The van der Waals surface area contributed by atoms with Gasteiger partial charge in [0.25, 0.3) is 11.7 Å². The van der Waals surface area contributed by atoms with Gasteiger partial charge < -0.3 is 19.8 Å². The number of hydrogen-bond acceptors (Lipinski definition) is 5. The van der Waals surface area contributed by atoms with Gasteiger partial charge in [-0.25, -0.2) is 4.79 Å². The summed E-state index contributed by atoms with van der Waals surface area (Å²) in [6.45, 7) is 2.21.